The summed E-state index contributed by atoms with van der Waals surface area (Å²) in [6, 6.07) is 15.2. The summed E-state index contributed by atoms with van der Waals surface area (Å²) in [5.74, 6) is 0.122. The molecule has 1 amide bonds. The molecule has 4 heteroatoms. The fourth-order valence-corrected chi connectivity index (χ4v) is 4.87. The van der Waals surface area contributed by atoms with Crippen LogP contribution >= 0.6 is 11.3 Å². The van der Waals surface area contributed by atoms with Gasteiger partial charge in [-0.1, -0.05) is 75.6 Å². The number of carbonyl (C=O) groups excluding carboxylic acids is 1. The van der Waals surface area contributed by atoms with E-state index in [1.54, 1.807) is 11.3 Å². The fraction of sp³-hybridized carbons (Fsp3) is 0.440. The maximum Gasteiger partial charge on any atom is 0.225 e. The molecule has 29 heavy (non-hydrogen) atoms. The molecule has 0 spiro atoms. The van der Waals surface area contributed by atoms with Crippen LogP contribution < -0.4 is 5.32 Å². The second kappa shape index (κ2) is 10.5. The predicted octanol–water partition coefficient (Wildman–Crippen LogP) is 6.21. The lowest BCUT2D eigenvalue weighted by molar-refractivity contribution is -0.121. The first kappa shape index (κ1) is 21.5. The van der Waals surface area contributed by atoms with E-state index in [2.05, 4.69) is 61.6 Å². The molecule has 3 aromatic rings. The van der Waals surface area contributed by atoms with Gasteiger partial charge in [0.2, 0.25) is 5.91 Å². The van der Waals surface area contributed by atoms with E-state index in [9.17, 15) is 4.79 Å². The minimum absolute atomic E-state index is 0.122. The van der Waals surface area contributed by atoms with Gasteiger partial charge < -0.3 is 5.32 Å². The number of benzene rings is 2. The maximum absolute atomic E-state index is 12.6. The molecule has 0 bridgehead atoms. The fourth-order valence-electron chi connectivity index (χ4n) is 3.78. The number of hydrogen-bond donors (Lipinski definition) is 1. The zero-order valence-corrected chi connectivity index (χ0v) is 18.6. The Morgan fingerprint density at radius 1 is 1.10 bits per heavy atom. The van der Waals surface area contributed by atoms with E-state index in [1.807, 2.05) is 6.92 Å². The number of nitrogens with zero attached hydrogens (tertiary/aromatic N) is 1. The van der Waals surface area contributed by atoms with E-state index in [0.29, 0.717) is 6.42 Å². The van der Waals surface area contributed by atoms with Crippen molar-refractivity contribution in [2.24, 2.45) is 0 Å². The van der Waals surface area contributed by atoms with Gasteiger partial charge in [0.1, 0.15) is 0 Å². The molecule has 3 rings (SSSR count). The van der Waals surface area contributed by atoms with Crippen LogP contribution in [0.3, 0.4) is 0 Å². The molecule has 0 fully saturated rings. The number of rotatable bonds is 10. The van der Waals surface area contributed by atoms with Crippen molar-refractivity contribution in [1.82, 2.24) is 10.3 Å². The highest BCUT2D eigenvalue weighted by Crippen LogP contribution is 2.25. The number of nitrogens with one attached hydrogen (secondary N) is 1. The Morgan fingerprint density at radius 3 is 2.69 bits per heavy atom. The number of carbonyl (C=O) groups is 1. The third-order valence-electron chi connectivity index (χ3n) is 5.49. The molecule has 1 aromatic heterocycles. The third kappa shape index (κ3) is 5.89. The van der Waals surface area contributed by atoms with Crippen molar-refractivity contribution < 1.29 is 4.79 Å². The van der Waals surface area contributed by atoms with Crippen molar-refractivity contribution in [2.45, 2.75) is 71.8 Å². The summed E-state index contributed by atoms with van der Waals surface area (Å²) in [6.45, 7) is 6.38. The summed E-state index contributed by atoms with van der Waals surface area (Å²) >= 11 is 1.68. The van der Waals surface area contributed by atoms with Crippen molar-refractivity contribution in [3.8, 4) is 0 Å². The van der Waals surface area contributed by atoms with Crippen LogP contribution in [0.1, 0.15) is 67.1 Å². The van der Waals surface area contributed by atoms with Gasteiger partial charge in [-0.15, -0.1) is 11.3 Å². The topological polar surface area (TPSA) is 42.0 Å². The van der Waals surface area contributed by atoms with Gasteiger partial charge in [0, 0.05) is 17.3 Å². The Labute approximate surface area is 178 Å². The summed E-state index contributed by atoms with van der Waals surface area (Å²) < 4.78 is 0. The smallest absolute Gasteiger partial charge is 0.225 e. The predicted molar refractivity (Wildman–Crippen MR) is 124 cm³/mol. The summed E-state index contributed by atoms with van der Waals surface area (Å²) in [5, 5.41) is 6.84. The second-order valence-corrected chi connectivity index (χ2v) is 8.94. The molecule has 1 unspecified atom stereocenters. The van der Waals surface area contributed by atoms with Crippen LogP contribution in [0.15, 0.2) is 42.5 Å². The highest BCUT2D eigenvalue weighted by molar-refractivity contribution is 7.11. The average Bonchev–Trinajstić information content (AvgIpc) is 3.06. The van der Waals surface area contributed by atoms with Gasteiger partial charge in [-0.3, -0.25) is 4.79 Å². The van der Waals surface area contributed by atoms with Gasteiger partial charge in [0.05, 0.1) is 17.1 Å². The standard InChI is InChI=1S/C25H32N2OS/c1-4-6-7-14-21(5-2)27-24(28)17-23-18(3)26-25(29-23)16-20-13-10-12-19-11-8-9-15-22(19)20/h8-13,15,21H,4-7,14,16-17H2,1-3H3,(H,27,28). The molecule has 1 atom stereocenters. The quantitative estimate of drug-likeness (QED) is 0.405. The van der Waals surface area contributed by atoms with E-state index in [4.69, 9.17) is 4.98 Å². The van der Waals surface area contributed by atoms with Crippen LogP contribution in [-0.2, 0) is 17.6 Å². The van der Waals surface area contributed by atoms with Crippen LogP contribution in [0.4, 0.5) is 0 Å². The van der Waals surface area contributed by atoms with Gasteiger partial charge in [-0.2, -0.15) is 0 Å². The number of amides is 1. The number of fused-ring (bicyclic) bond motifs is 1. The van der Waals surface area contributed by atoms with Crippen molar-refractivity contribution in [3.63, 3.8) is 0 Å². The van der Waals surface area contributed by atoms with Crippen LogP contribution in [0.25, 0.3) is 10.8 Å². The van der Waals surface area contributed by atoms with Crippen molar-refractivity contribution in [2.75, 3.05) is 0 Å². The number of aryl methyl sites for hydroxylation is 1. The first-order chi connectivity index (χ1) is 14.1. The number of thiazole rings is 1. The normalized spacial score (nSPS) is 12.2. The van der Waals surface area contributed by atoms with Crippen LogP contribution in [-0.4, -0.2) is 16.9 Å². The highest BCUT2D eigenvalue weighted by atomic mass is 32.1. The zero-order valence-electron chi connectivity index (χ0n) is 17.8. The molecular formula is C25H32N2OS. The van der Waals surface area contributed by atoms with E-state index in [-0.39, 0.29) is 11.9 Å². The van der Waals surface area contributed by atoms with Crippen LogP contribution in [0.5, 0.6) is 0 Å². The molecule has 0 saturated heterocycles. The number of hydrogen-bond acceptors (Lipinski definition) is 3. The van der Waals surface area contributed by atoms with Gasteiger partial charge in [0.25, 0.3) is 0 Å². The molecule has 0 aliphatic rings. The van der Waals surface area contributed by atoms with Crippen LogP contribution in [0.2, 0.25) is 0 Å². The van der Waals surface area contributed by atoms with Crippen molar-refractivity contribution in [3.05, 3.63) is 63.6 Å². The van der Waals surface area contributed by atoms with Crippen molar-refractivity contribution >= 4 is 28.0 Å². The van der Waals surface area contributed by atoms with E-state index >= 15 is 0 Å². The summed E-state index contributed by atoms with van der Waals surface area (Å²) in [5.41, 5.74) is 2.27. The van der Waals surface area contributed by atoms with Gasteiger partial charge >= 0.3 is 0 Å². The highest BCUT2D eigenvalue weighted by Gasteiger charge is 2.15. The average molecular weight is 409 g/mol. The lowest BCUT2D eigenvalue weighted by Crippen LogP contribution is -2.35. The van der Waals surface area contributed by atoms with E-state index in [1.165, 1.54) is 35.6 Å². The summed E-state index contributed by atoms with van der Waals surface area (Å²) in [6.07, 6.45) is 6.94. The Hall–Kier alpha value is -2.20. The Bertz CT molecular complexity index is 942. The molecule has 0 saturated carbocycles. The Kier molecular flexibility index (Phi) is 7.82. The van der Waals surface area contributed by atoms with Gasteiger partial charge in [-0.25, -0.2) is 4.98 Å². The molecule has 0 aliphatic heterocycles. The van der Waals surface area contributed by atoms with Gasteiger partial charge in [0.15, 0.2) is 0 Å². The van der Waals surface area contributed by atoms with Crippen LogP contribution in [0, 0.1) is 6.92 Å². The second-order valence-electron chi connectivity index (χ2n) is 7.78. The Balaban J connectivity index is 1.64. The lowest BCUT2D eigenvalue weighted by atomic mass is 10.0. The maximum atomic E-state index is 12.6. The summed E-state index contributed by atoms with van der Waals surface area (Å²) in [7, 11) is 0. The zero-order chi connectivity index (χ0) is 20.6. The molecule has 2 aromatic carbocycles. The molecule has 0 radical (unpaired) electrons. The molecule has 0 aliphatic carbocycles. The third-order valence-corrected chi connectivity index (χ3v) is 6.65. The molecular weight excluding hydrogens is 376 g/mol. The molecule has 3 nitrogen and oxygen atoms in total. The molecule has 1 heterocycles. The van der Waals surface area contributed by atoms with Gasteiger partial charge in [-0.05, 0) is 36.1 Å². The number of unbranched alkanes of at least 4 members (excludes halogenated alkanes) is 2. The number of aromatic nitrogens is 1. The van der Waals surface area contributed by atoms with E-state index < -0.39 is 0 Å². The minimum atomic E-state index is 0.122. The monoisotopic (exact) mass is 408 g/mol. The largest absolute Gasteiger partial charge is 0.353 e. The Morgan fingerprint density at radius 2 is 1.90 bits per heavy atom. The van der Waals surface area contributed by atoms with Crippen molar-refractivity contribution in [1.29, 1.82) is 0 Å². The lowest BCUT2D eigenvalue weighted by Gasteiger charge is -2.16. The SMILES string of the molecule is CCCCCC(CC)NC(=O)Cc1sc(Cc2cccc3ccccc23)nc1C. The first-order valence-corrected chi connectivity index (χ1v) is 11.6. The first-order valence-electron chi connectivity index (χ1n) is 10.8. The molecule has 1 N–H and O–H groups in total. The molecule has 154 valence electrons. The summed E-state index contributed by atoms with van der Waals surface area (Å²) in [4.78, 5) is 18.4. The van der Waals surface area contributed by atoms with E-state index in [0.717, 1.165) is 34.8 Å². The minimum Gasteiger partial charge on any atom is -0.353 e.